The third kappa shape index (κ3) is 3.63. The molecule has 1 aliphatic heterocycles. The van der Waals surface area contributed by atoms with Crippen LogP contribution in [0.1, 0.15) is 23.2 Å². The molecule has 1 N–H and O–H groups in total. The number of benzene rings is 1. The topological polar surface area (TPSA) is 89.3 Å². The van der Waals surface area contributed by atoms with Crippen LogP contribution in [0.2, 0.25) is 0 Å². The van der Waals surface area contributed by atoms with Crippen molar-refractivity contribution in [2.75, 3.05) is 11.5 Å². The summed E-state index contributed by atoms with van der Waals surface area (Å²) in [6, 6.07) is 4.26. The zero-order valence-electron chi connectivity index (χ0n) is 10.5. The van der Waals surface area contributed by atoms with E-state index in [0.717, 1.165) is 0 Å². The molecule has 108 valence electrons. The van der Waals surface area contributed by atoms with Gasteiger partial charge < -0.3 is 5.32 Å². The average molecular weight is 361 g/mol. The highest BCUT2D eigenvalue weighted by Gasteiger charge is 2.21. The molecule has 8 heteroatoms. The Morgan fingerprint density at radius 3 is 2.65 bits per heavy atom. The van der Waals surface area contributed by atoms with Crippen molar-refractivity contribution in [1.29, 1.82) is 0 Å². The summed E-state index contributed by atoms with van der Waals surface area (Å²) >= 11 is 3.08. The minimum Gasteiger partial charge on any atom is -0.349 e. The van der Waals surface area contributed by atoms with Crippen molar-refractivity contribution in [2.24, 2.45) is 0 Å². The summed E-state index contributed by atoms with van der Waals surface area (Å²) in [6.45, 7) is 0. The van der Waals surface area contributed by atoms with Crippen LogP contribution in [-0.2, 0) is 10.8 Å². The van der Waals surface area contributed by atoms with Gasteiger partial charge in [0, 0.05) is 40.0 Å². The van der Waals surface area contributed by atoms with Gasteiger partial charge in [-0.3, -0.25) is 19.1 Å². The maximum Gasteiger partial charge on any atom is 0.284 e. The Morgan fingerprint density at radius 2 is 2.05 bits per heavy atom. The number of halogens is 1. The molecular formula is C12H13BrN2O4S. The van der Waals surface area contributed by atoms with E-state index in [9.17, 15) is 19.1 Å². The van der Waals surface area contributed by atoms with Gasteiger partial charge in [-0.05, 0) is 40.9 Å². The molecular weight excluding hydrogens is 348 g/mol. The molecule has 0 radical (unpaired) electrons. The Kier molecular flexibility index (Phi) is 4.87. The highest BCUT2D eigenvalue weighted by Crippen LogP contribution is 2.25. The van der Waals surface area contributed by atoms with E-state index in [4.69, 9.17) is 0 Å². The fraction of sp³-hybridized carbons (Fsp3) is 0.417. The third-order valence-corrected chi connectivity index (χ3v) is 5.18. The summed E-state index contributed by atoms with van der Waals surface area (Å²) in [7, 11) is -0.780. The lowest BCUT2D eigenvalue weighted by Gasteiger charge is -2.22. The Bertz CT molecular complexity index is 569. The predicted molar refractivity (Wildman–Crippen MR) is 79.2 cm³/mol. The average Bonchev–Trinajstić information content (AvgIpc) is 2.41. The van der Waals surface area contributed by atoms with Crippen molar-refractivity contribution in [3.05, 3.63) is 38.3 Å². The summed E-state index contributed by atoms with van der Waals surface area (Å²) in [5.41, 5.74) is 0.119. The Labute approximate surface area is 126 Å². The fourth-order valence-corrected chi connectivity index (χ4v) is 3.69. The molecule has 1 saturated heterocycles. The van der Waals surface area contributed by atoms with Gasteiger partial charge in [0.05, 0.1) is 9.40 Å². The van der Waals surface area contributed by atoms with Crippen molar-refractivity contribution < 1.29 is 13.9 Å². The number of rotatable bonds is 3. The van der Waals surface area contributed by atoms with Crippen molar-refractivity contribution >= 4 is 38.3 Å². The summed E-state index contributed by atoms with van der Waals surface area (Å²) in [5.74, 6) is 0.843. The van der Waals surface area contributed by atoms with E-state index >= 15 is 0 Å². The van der Waals surface area contributed by atoms with Crippen LogP contribution < -0.4 is 5.32 Å². The molecule has 0 spiro atoms. The maximum absolute atomic E-state index is 12.1. The largest absolute Gasteiger partial charge is 0.349 e. The van der Waals surface area contributed by atoms with Gasteiger partial charge in [-0.25, -0.2) is 0 Å². The lowest BCUT2D eigenvalue weighted by atomic mass is 10.1. The third-order valence-electron chi connectivity index (χ3n) is 3.13. The molecule has 1 fully saturated rings. The summed E-state index contributed by atoms with van der Waals surface area (Å²) in [6.07, 6.45) is 1.36. The van der Waals surface area contributed by atoms with Crippen LogP contribution in [-0.4, -0.2) is 32.6 Å². The van der Waals surface area contributed by atoms with E-state index in [1.54, 1.807) is 0 Å². The van der Waals surface area contributed by atoms with Gasteiger partial charge >= 0.3 is 0 Å². The van der Waals surface area contributed by atoms with E-state index in [1.807, 2.05) is 0 Å². The van der Waals surface area contributed by atoms with Crippen LogP contribution >= 0.6 is 15.9 Å². The van der Waals surface area contributed by atoms with Crippen LogP contribution in [0, 0.1) is 10.1 Å². The first-order valence-corrected chi connectivity index (χ1v) is 8.35. The van der Waals surface area contributed by atoms with Crippen molar-refractivity contribution in [2.45, 2.75) is 18.9 Å². The number of nitrogens with zero attached hydrogens (tertiary/aromatic N) is 1. The smallest absolute Gasteiger partial charge is 0.284 e. The van der Waals surface area contributed by atoms with E-state index < -0.39 is 15.7 Å². The van der Waals surface area contributed by atoms with Crippen LogP contribution in [0.25, 0.3) is 0 Å². The van der Waals surface area contributed by atoms with Gasteiger partial charge in [-0.2, -0.15) is 0 Å². The Hall–Kier alpha value is -1.28. The van der Waals surface area contributed by atoms with Gasteiger partial charge in [0.15, 0.2) is 0 Å². The Morgan fingerprint density at radius 1 is 1.40 bits per heavy atom. The van der Waals surface area contributed by atoms with Crippen molar-refractivity contribution in [1.82, 2.24) is 5.32 Å². The molecule has 0 aliphatic carbocycles. The van der Waals surface area contributed by atoms with Gasteiger partial charge in [0.25, 0.3) is 11.6 Å². The zero-order valence-corrected chi connectivity index (χ0v) is 12.9. The molecule has 1 aromatic carbocycles. The molecule has 0 aromatic heterocycles. The van der Waals surface area contributed by atoms with E-state index in [-0.39, 0.29) is 23.2 Å². The number of amides is 1. The molecule has 20 heavy (non-hydrogen) atoms. The standard InChI is InChI=1S/C12H13BrN2O4S/c13-10-2-1-8(7-11(10)15(17)18)12(16)14-9-3-5-20(19)6-4-9/h1-2,7,9H,3-6H2,(H,14,16). The molecule has 1 aromatic rings. The van der Waals surface area contributed by atoms with Gasteiger partial charge in [-0.15, -0.1) is 0 Å². The van der Waals surface area contributed by atoms with Crippen LogP contribution in [0.5, 0.6) is 0 Å². The minimum atomic E-state index is -0.780. The SMILES string of the molecule is O=C(NC1CCS(=O)CC1)c1ccc(Br)c([N+](=O)[O-])c1. The van der Waals surface area contributed by atoms with E-state index in [1.165, 1.54) is 18.2 Å². The number of hydrogen-bond acceptors (Lipinski definition) is 4. The predicted octanol–water partition coefficient (Wildman–Crippen LogP) is 2.00. The normalized spacial score (nSPS) is 22.2. The summed E-state index contributed by atoms with van der Waals surface area (Å²) < 4.78 is 11.6. The number of hydrogen-bond donors (Lipinski definition) is 1. The molecule has 0 bridgehead atoms. The monoisotopic (exact) mass is 360 g/mol. The Balaban J connectivity index is 2.07. The molecule has 0 saturated carbocycles. The van der Waals surface area contributed by atoms with Crippen molar-refractivity contribution in [3.8, 4) is 0 Å². The van der Waals surface area contributed by atoms with Crippen LogP contribution in [0.15, 0.2) is 22.7 Å². The minimum absolute atomic E-state index is 0.0112. The first-order chi connectivity index (χ1) is 9.47. The van der Waals surface area contributed by atoms with Crippen LogP contribution in [0.3, 0.4) is 0 Å². The number of carbonyl (C=O) groups is 1. The molecule has 0 unspecified atom stereocenters. The lowest BCUT2D eigenvalue weighted by molar-refractivity contribution is -0.385. The lowest BCUT2D eigenvalue weighted by Crippen LogP contribution is -2.39. The van der Waals surface area contributed by atoms with E-state index in [2.05, 4.69) is 21.2 Å². The second kappa shape index (κ2) is 6.45. The molecule has 1 heterocycles. The molecule has 1 aliphatic rings. The second-order valence-electron chi connectivity index (χ2n) is 4.52. The summed E-state index contributed by atoms with van der Waals surface area (Å²) in [4.78, 5) is 22.4. The molecule has 6 nitrogen and oxygen atoms in total. The first kappa shape index (κ1) is 15.1. The van der Waals surface area contributed by atoms with E-state index in [0.29, 0.717) is 28.8 Å². The fourth-order valence-electron chi connectivity index (χ4n) is 2.00. The highest BCUT2D eigenvalue weighted by atomic mass is 79.9. The highest BCUT2D eigenvalue weighted by molar-refractivity contribution is 9.10. The molecule has 0 atom stereocenters. The second-order valence-corrected chi connectivity index (χ2v) is 7.07. The molecule has 1 amide bonds. The first-order valence-electron chi connectivity index (χ1n) is 6.07. The number of carbonyl (C=O) groups excluding carboxylic acids is 1. The van der Waals surface area contributed by atoms with Gasteiger partial charge in [-0.1, -0.05) is 0 Å². The van der Waals surface area contributed by atoms with Crippen LogP contribution in [0.4, 0.5) is 5.69 Å². The summed E-state index contributed by atoms with van der Waals surface area (Å²) in [5, 5.41) is 13.7. The number of nitrogens with one attached hydrogen (secondary N) is 1. The number of nitro benzene ring substituents is 1. The van der Waals surface area contributed by atoms with Crippen molar-refractivity contribution in [3.63, 3.8) is 0 Å². The van der Waals surface area contributed by atoms with Gasteiger partial charge in [0.1, 0.15) is 0 Å². The zero-order chi connectivity index (χ0) is 14.7. The maximum atomic E-state index is 12.1. The molecule has 2 rings (SSSR count). The van der Waals surface area contributed by atoms with Gasteiger partial charge in [0.2, 0.25) is 0 Å². The quantitative estimate of drug-likeness (QED) is 0.659. The number of nitro groups is 1.